The fourth-order valence-electron chi connectivity index (χ4n) is 3.18. The molecule has 2 aliphatic heterocycles. The van der Waals surface area contributed by atoms with E-state index < -0.39 is 0 Å². The normalized spacial score (nSPS) is 24.6. The summed E-state index contributed by atoms with van der Waals surface area (Å²) in [6.45, 7) is 3.24. The van der Waals surface area contributed by atoms with E-state index in [0.29, 0.717) is 12.5 Å². The Hall–Kier alpha value is -1.56. The van der Waals surface area contributed by atoms with Gasteiger partial charge in [-0.05, 0) is 25.2 Å². The summed E-state index contributed by atoms with van der Waals surface area (Å²) >= 11 is 0. The van der Waals surface area contributed by atoms with Gasteiger partial charge in [0, 0.05) is 52.1 Å². The van der Waals surface area contributed by atoms with Crippen LogP contribution in [0.15, 0.2) is 12.4 Å². The van der Waals surface area contributed by atoms with Gasteiger partial charge >= 0.3 is 6.03 Å². The number of aryl methyl sites for hydroxylation is 1. The zero-order valence-electron chi connectivity index (χ0n) is 12.6. The molecule has 0 aliphatic carbocycles. The van der Waals surface area contributed by atoms with Crippen molar-refractivity contribution >= 4 is 6.03 Å². The molecule has 0 saturated carbocycles. The van der Waals surface area contributed by atoms with Crippen LogP contribution < -0.4 is 5.32 Å². The molecule has 2 atom stereocenters. The van der Waals surface area contributed by atoms with Gasteiger partial charge in [-0.25, -0.2) is 9.78 Å². The van der Waals surface area contributed by atoms with E-state index in [1.165, 1.54) is 0 Å². The first-order valence-electron chi connectivity index (χ1n) is 7.83. The summed E-state index contributed by atoms with van der Waals surface area (Å²) < 4.78 is 7.72. The highest BCUT2D eigenvalue weighted by Gasteiger charge is 2.23. The number of fused-ring (bicyclic) bond motifs is 1. The maximum atomic E-state index is 12.1. The molecule has 2 aliphatic rings. The van der Waals surface area contributed by atoms with E-state index in [0.717, 1.165) is 51.2 Å². The Labute approximate surface area is 125 Å². The summed E-state index contributed by atoms with van der Waals surface area (Å²) in [6, 6.07) is -0.000541. The third kappa shape index (κ3) is 3.56. The number of ether oxygens (including phenoxy) is 1. The lowest BCUT2D eigenvalue weighted by molar-refractivity contribution is 0.109. The molecule has 21 heavy (non-hydrogen) atoms. The van der Waals surface area contributed by atoms with Crippen molar-refractivity contribution in [3.63, 3.8) is 0 Å². The number of nitrogens with one attached hydrogen (secondary N) is 1. The predicted molar refractivity (Wildman–Crippen MR) is 79.0 cm³/mol. The van der Waals surface area contributed by atoms with E-state index >= 15 is 0 Å². The Balaban J connectivity index is 1.43. The topological polar surface area (TPSA) is 59.4 Å². The summed E-state index contributed by atoms with van der Waals surface area (Å²) in [7, 11) is 1.87. The molecule has 0 bridgehead atoms. The minimum absolute atomic E-state index is 0.000541. The second-order valence-electron chi connectivity index (χ2n) is 6.10. The number of amides is 2. The van der Waals surface area contributed by atoms with Gasteiger partial charge in [-0.3, -0.25) is 0 Å². The number of urea groups is 1. The molecule has 1 aromatic rings. The quantitative estimate of drug-likeness (QED) is 0.909. The maximum absolute atomic E-state index is 12.1. The minimum Gasteiger partial charge on any atom is -0.376 e. The zero-order chi connectivity index (χ0) is 14.7. The molecule has 0 aromatic carbocycles. The van der Waals surface area contributed by atoms with Crippen molar-refractivity contribution in [3.05, 3.63) is 18.2 Å². The number of carbonyl (C=O) groups is 1. The molecule has 3 rings (SSSR count). The number of nitrogens with zero attached hydrogens (tertiary/aromatic N) is 3. The fourth-order valence-corrected chi connectivity index (χ4v) is 3.18. The van der Waals surface area contributed by atoms with Gasteiger partial charge in [0.15, 0.2) is 0 Å². The summed E-state index contributed by atoms with van der Waals surface area (Å²) in [5.41, 5.74) is 0. The maximum Gasteiger partial charge on any atom is 0.317 e. The smallest absolute Gasteiger partial charge is 0.317 e. The van der Waals surface area contributed by atoms with Crippen molar-refractivity contribution in [3.8, 4) is 0 Å². The zero-order valence-corrected chi connectivity index (χ0v) is 12.6. The van der Waals surface area contributed by atoms with Crippen LogP contribution in [0.5, 0.6) is 0 Å². The van der Waals surface area contributed by atoms with Crippen LogP contribution in [0.1, 0.15) is 25.1 Å². The van der Waals surface area contributed by atoms with Crippen molar-refractivity contribution < 1.29 is 9.53 Å². The van der Waals surface area contributed by atoms with Crippen molar-refractivity contribution in [1.29, 1.82) is 0 Å². The third-order valence-electron chi connectivity index (χ3n) is 4.43. The molecule has 0 radical (unpaired) electrons. The van der Waals surface area contributed by atoms with Crippen molar-refractivity contribution in [2.24, 2.45) is 5.92 Å². The lowest BCUT2D eigenvalue weighted by Gasteiger charge is -2.28. The van der Waals surface area contributed by atoms with Gasteiger partial charge in [0.1, 0.15) is 5.82 Å². The van der Waals surface area contributed by atoms with Gasteiger partial charge in [0.2, 0.25) is 0 Å². The molecule has 0 unspecified atom stereocenters. The highest BCUT2D eigenvalue weighted by molar-refractivity contribution is 5.73. The van der Waals surface area contributed by atoms with Gasteiger partial charge < -0.3 is 19.5 Å². The van der Waals surface area contributed by atoms with E-state index in [1.54, 1.807) is 4.90 Å². The SMILES string of the molecule is CN(C[C@H]1CCn2ccnc2C1)C(=O)NC[C@H]1CCCO1. The Kier molecular flexibility index (Phi) is 4.43. The molecule has 2 amide bonds. The Morgan fingerprint density at radius 3 is 3.29 bits per heavy atom. The molecule has 3 heterocycles. The summed E-state index contributed by atoms with van der Waals surface area (Å²) in [5.74, 6) is 1.64. The minimum atomic E-state index is -0.000541. The second kappa shape index (κ2) is 6.47. The van der Waals surface area contributed by atoms with E-state index in [2.05, 4.69) is 14.9 Å². The van der Waals surface area contributed by atoms with Crippen LogP contribution >= 0.6 is 0 Å². The van der Waals surface area contributed by atoms with Crippen LogP contribution in [0.25, 0.3) is 0 Å². The Bertz CT molecular complexity index is 482. The largest absolute Gasteiger partial charge is 0.376 e. The van der Waals surface area contributed by atoms with Crippen LogP contribution in [0.3, 0.4) is 0 Å². The summed E-state index contributed by atoms with van der Waals surface area (Å²) in [4.78, 5) is 18.3. The highest BCUT2D eigenvalue weighted by atomic mass is 16.5. The molecule has 1 aromatic heterocycles. The molecule has 1 saturated heterocycles. The van der Waals surface area contributed by atoms with Gasteiger partial charge in [0.05, 0.1) is 6.10 Å². The third-order valence-corrected chi connectivity index (χ3v) is 4.43. The molecule has 1 fully saturated rings. The number of rotatable bonds is 4. The number of hydrogen-bond donors (Lipinski definition) is 1. The molecular formula is C15H24N4O2. The molecule has 6 nitrogen and oxygen atoms in total. The van der Waals surface area contributed by atoms with Crippen molar-refractivity contribution in [1.82, 2.24) is 19.8 Å². The van der Waals surface area contributed by atoms with Crippen LogP contribution in [0, 0.1) is 5.92 Å². The first-order chi connectivity index (χ1) is 10.2. The lowest BCUT2D eigenvalue weighted by Crippen LogP contribution is -2.43. The molecule has 6 heteroatoms. The molecule has 0 spiro atoms. The number of hydrogen-bond acceptors (Lipinski definition) is 3. The fraction of sp³-hybridized carbons (Fsp3) is 0.733. The van der Waals surface area contributed by atoms with Crippen molar-refractivity contribution in [2.75, 3.05) is 26.7 Å². The second-order valence-corrected chi connectivity index (χ2v) is 6.10. The summed E-state index contributed by atoms with van der Waals surface area (Å²) in [5, 5.41) is 2.97. The average molecular weight is 292 g/mol. The number of aromatic nitrogens is 2. The van der Waals surface area contributed by atoms with E-state index in [9.17, 15) is 4.79 Å². The predicted octanol–water partition coefficient (Wildman–Crippen LogP) is 1.27. The van der Waals surface area contributed by atoms with Gasteiger partial charge in [-0.2, -0.15) is 0 Å². The first-order valence-corrected chi connectivity index (χ1v) is 7.83. The Morgan fingerprint density at radius 2 is 2.48 bits per heavy atom. The van der Waals surface area contributed by atoms with Gasteiger partial charge in [-0.1, -0.05) is 0 Å². The highest BCUT2D eigenvalue weighted by Crippen LogP contribution is 2.19. The average Bonchev–Trinajstić information content (AvgIpc) is 3.15. The molecule has 116 valence electrons. The van der Waals surface area contributed by atoms with E-state index in [-0.39, 0.29) is 12.1 Å². The van der Waals surface area contributed by atoms with Crippen LogP contribution in [-0.2, 0) is 17.7 Å². The first kappa shape index (κ1) is 14.4. The van der Waals surface area contributed by atoms with Gasteiger partial charge in [0.25, 0.3) is 0 Å². The van der Waals surface area contributed by atoms with Crippen LogP contribution in [0.2, 0.25) is 0 Å². The molecule has 1 N–H and O–H groups in total. The number of carbonyl (C=O) groups excluding carboxylic acids is 1. The molecular weight excluding hydrogens is 268 g/mol. The monoisotopic (exact) mass is 292 g/mol. The van der Waals surface area contributed by atoms with Crippen LogP contribution in [0.4, 0.5) is 4.79 Å². The van der Waals surface area contributed by atoms with E-state index in [4.69, 9.17) is 4.74 Å². The van der Waals surface area contributed by atoms with Crippen molar-refractivity contribution in [2.45, 2.75) is 38.3 Å². The lowest BCUT2D eigenvalue weighted by atomic mass is 9.97. The number of imidazole rings is 1. The van der Waals surface area contributed by atoms with Crippen LogP contribution in [-0.4, -0.2) is 53.3 Å². The van der Waals surface area contributed by atoms with Gasteiger partial charge in [-0.15, -0.1) is 0 Å². The van der Waals surface area contributed by atoms with E-state index in [1.807, 2.05) is 19.4 Å². The standard InChI is InChI=1S/C15H24N4O2/c1-18(15(20)17-10-13-3-2-8-21-13)11-12-4-6-19-7-5-16-14(19)9-12/h5,7,12-13H,2-4,6,8-11H2,1H3,(H,17,20)/t12-,13+/m0/s1. The Morgan fingerprint density at radius 1 is 1.57 bits per heavy atom. The summed E-state index contributed by atoms with van der Waals surface area (Å²) in [6.07, 6.45) is 8.30.